The van der Waals surface area contributed by atoms with E-state index < -0.39 is 11.7 Å². The van der Waals surface area contributed by atoms with Gasteiger partial charge in [0.15, 0.2) is 0 Å². The van der Waals surface area contributed by atoms with E-state index in [4.69, 9.17) is 0 Å². The molecule has 1 saturated carbocycles. The summed E-state index contributed by atoms with van der Waals surface area (Å²) in [5.74, 6) is 0. The van der Waals surface area contributed by atoms with Crippen LogP contribution in [0.15, 0.2) is 24.3 Å². The molecule has 2 nitrogen and oxygen atoms in total. The molecule has 17 heavy (non-hydrogen) atoms. The molecule has 1 atom stereocenters. The molecule has 1 aliphatic carbocycles. The van der Waals surface area contributed by atoms with Gasteiger partial charge in [-0.2, -0.15) is 0 Å². The standard InChI is InChI=1S/C15H22O2/c1-2-5-12-6-8-13(9-7-12)14(16)15(17)10-3-4-11-15/h6-9,14,16-17H,2-5,10-11H2,1H3. The summed E-state index contributed by atoms with van der Waals surface area (Å²) in [6, 6.07) is 8.01. The second kappa shape index (κ2) is 5.19. The van der Waals surface area contributed by atoms with Gasteiger partial charge in [-0.15, -0.1) is 0 Å². The van der Waals surface area contributed by atoms with Crippen molar-refractivity contribution in [2.45, 2.75) is 57.2 Å². The maximum atomic E-state index is 10.3. The zero-order valence-corrected chi connectivity index (χ0v) is 10.5. The molecule has 0 spiro atoms. The second-order valence-electron chi connectivity index (χ2n) is 5.20. The quantitative estimate of drug-likeness (QED) is 0.840. The zero-order chi connectivity index (χ0) is 12.3. The summed E-state index contributed by atoms with van der Waals surface area (Å²) >= 11 is 0. The van der Waals surface area contributed by atoms with Crippen molar-refractivity contribution in [1.29, 1.82) is 0 Å². The van der Waals surface area contributed by atoms with Gasteiger partial charge in [0.2, 0.25) is 0 Å². The fourth-order valence-electron chi connectivity index (χ4n) is 2.73. The fourth-order valence-corrected chi connectivity index (χ4v) is 2.73. The molecule has 0 aliphatic heterocycles. The van der Waals surface area contributed by atoms with Crippen LogP contribution in [0.25, 0.3) is 0 Å². The van der Waals surface area contributed by atoms with Gasteiger partial charge in [0, 0.05) is 0 Å². The van der Waals surface area contributed by atoms with Crippen LogP contribution in [0, 0.1) is 0 Å². The molecule has 0 heterocycles. The molecule has 1 aromatic rings. The van der Waals surface area contributed by atoms with Gasteiger partial charge in [-0.3, -0.25) is 0 Å². The van der Waals surface area contributed by atoms with Crippen LogP contribution in [-0.2, 0) is 6.42 Å². The minimum Gasteiger partial charge on any atom is -0.387 e. The molecule has 2 N–H and O–H groups in total. The highest BCUT2D eigenvalue weighted by Gasteiger charge is 2.39. The van der Waals surface area contributed by atoms with Crippen molar-refractivity contribution in [2.24, 2.45) is 0 Å². The Labute approximate surface area is 103 Å². The Balaban J connectivity index is 2.11. The molecule has 1 aliphatic rings. The van der Waals surface area contributed by atoms with E-state index in [1.807, 2.05) is 12.1 Å². The third kappa shape index (κ3) is 2.70. The minimum atomic E-state index is -0.897. The van der Waals surface area contributed by atoms with E-state index in [1.54, 1.807) is 0 Å². The summed E-state index contributed by atoms with van der Waals surface area (Å²) in [5.41, 5.74) is 1.24. The van der Waals surface area contributed by atoms with Crippen molar-refractivity contribution in [3.05, 3.63) is 35.4 Å². The van der Waals surface area contributed by atoms with Crippen molar-refractivity contribution in [1.82, 2.24) is 0 Å². The van der Waals surface area contributed by atoms with Crippen LogP contribution in [0.4, 0.5) is 0 Å². The largest absolute Gasteiger partial charge is 0.387 e. The predicted molar refractivity (Wildman–Crippen MR) is 68.8 cm³/mol. The summed E-state index contributed by atoms with van der Waals surface area (Å²) in [6.07, 6.45) is 4.92. The van der Waals surface area contributed by atoms with Gasteiger partial charge in [-0.1, -0.05) is 50.5 Å². The van der Waals surface area contributed by atoms with Gasteiger partial charge in [0.25, 0.3) is 0 Å². The van der Waals surface area contributed by atoms with Crippen LogP contribution in [0.3, 0.4) is 0 Å². The van der Waals surface area contributed by atoms with Crippen LogP contribution in [0.1, 0.15) is 56.3 Å². The lowest BCUT2D eigenvalue weighted by atomic mass is 9.89. The lowest BCUT2D eigenvalue weighted by Crippen LogP contribution is -2.32. The van der Waals surface area contributed by atoms with Crippen LogP contribution < -0.4 is 0 Å². The highest BCUT2D eigenvalue weighted by molar-refractivity contribution is 5.26. The Hall–Kier alpha value is -0.860. The SMILES string of the molecule is CCCc1ccc(C(O)C2(O)CCCC2)cc1. The minimum absolute atomic E-state index is 0.713. The van der Waals surface area contributed by atoms with Crippen LogP contribution in [0.5, 0.6) is 0 Å². The Morgan fingerprint density at radius 1 is 1.18 bits per heavy atom. The summed E-state index contributed by atoms with van der Waals surface area (Å²) in [7, 11) is 0. The average molecular weight is 234 g/mol. The lowest BCUT2D eigenvalue weighted by molar-refractivity contribution is -0.0719. The van der Waals surface area contributed by atoms with Crippen molar-refractivity contribution in [3.63, 3.8) is 0 Å². The molecular formula is C15H22O2. The molecule has 2 rings (SSSR count). The molecule has 1 unspecified atom stereocenters. The van der Waals surface area contributed by atoms with Gasteiger partial charge in [-0.25, -0.2) is 0 Å². The number of aryl methyl sites for hydroxylation is 1. The number of aliphatic hydroxyl groups excluding tert-OH is 1. The molecule has 0 saturated heterocycles. The topological polar surface area (TPSA) is 40.5 Å². The molecule has 0 aromatic heterocycles. The van der Waals surface area contributed by atoms with E-state index in [-0.39, 0.29) is 0 Å². The highest BCUT2D eigenvalue weighted by atomic mass is 16.3. The summed E-state index contributed by atoms with van der Waals surface area (Å²) in [5, 5.41) is 20.6. The first-order chi connectivity index (χ1) is 8.15. The average Bonchev–Trinajstić information content (AvgIpc) is 2.78. The number of aliphatic hydroxyl groups is 2. The second-order valence-corrected chi connectivity index (χ2v) is 5.20. The first-order valence-corrected chi connectivity index (χ1v) is 6.65. The van der Waals surface area contributed by atoms with E-state index >= 15 is 0 Å². The Kier molecular flexibility index (Phi) is 3.85. The normalized spacial score (nSPS) is 20.4. The number of hydrogen-bond acceptors (Lipinski definition) is 2. The third-order valence-corrected chi connectivity index (χ3v) is 3.81. The molecule has 0 amide bonds. The zero-order valence-electron chi connectivity index (χ0n) is 10.5. The van der Waals surface area contributed by atoms with Crippen LogP contribution >= 0.6 is 0 Å². The van der Waals surface area contributed by atoms with Crippen molar-refractivity contribution < 1.29 is 10.2 Å². The third-order valence-electron chi connectivity index (χ3n) is 3.81. The Morgan fingerprint density at radius 2 is 1.76 bits per heavy atom. The molecule has 0 radical (unpaired) electrons. The molecular weight excluding hydrogens is 212 g/mol. The first kappa shape index (κ1) is 12.6. The predicted octanol–water partition coefficient (Wildman–Crippen LogP) is 2.98. The van der Waals surface area contributed by atoms with Crippen molar-refractivity contribution in [2.75, 3.05) is 0 Å². The van der Waals surface area contributed by atoms with Gasteiger partial charge < -0.3 is 10.2 Å². The molecule has 2 heteroatoms. The molecule has 1 fully saturated rings. The summed E-state index contributed by atoms with van der Waals surface area (Å²) in [6.45, 7) is 2.16. The van der Waals surface area contributed by atoms with Gasteiger partial charge >= 0.3 is 0 Å². The van der Waals surface area contributed by atoms with E-state index in [9.17, 15) is 10.2 Å². The number of benzene rings is 1. The van der Waals surface area contributed by atoms with Crippen molar-refractivity contribution >= 4 is 0 Å². The fraction of sp³-hybridized carbons (Fsp3) is 0.600. The van der Waals surface area contributed by atoms with E-state index in [2.05, 4.69) is 19.1 Å². The van der Waals surface area contributed by atoms with Crippen LogP contribution in [-0.4, -0.2) is 15.8 Å². The smallest absolute Gasteiger partial charge is 0.108 e. The summed E-state index contributed by atoms with van der Waals surface area (Å²) < 4.78 is 0. The van der Waals surface area contributed by atoms with E-state index in [0.29, 0.717) is 12.8 Å². The first-order valence-electron chi connectivity index (χ1n) is 6.65. The number of hydrogen-bond donors (Lipinski definition) is 2. The Morgan fingerprint density at radius 3 is 2.29 bits per heavy atom. The highest BCUT2D eigenvalue weighted by Crippen LogP contribution is 2.39. The Bertz CT molecular complexity index is 350. The van der Waals surface area contributed by atoms with E-state index in [0.717, 1.165) is 31.2 Å². The lowest BCUT2D eigenvalue weighted by Gasteiger charge is -2.28. The van der Waals surface area contributed by atoms with Crippen molar-refractivity contribution in [3.8, 4) is 0 Å². The van der Waals surface area contributed by atoms with E-state index in [1.165, 1.54) is 5.56 Å². The summed E-state index contributed by atoms with van der Waals surface area (Å²) in [4.78, 5) is 0. The van der Waals surface area contributed by atoms with Gasteiger partial charge in [0.1, 0.15) is 6.10 Å². The maximum absolute atomic E-state index is 10.3. The molecule has 0 bridgehead atoms. The molecule has 1 aromatic carbocycles. The number of rotatable bonds is 4. The maximum Gasteiger partial charge on any atom is 0.108 e. The monoisotopic (exact) mass is 234 g/mol. The molecule has 94 valence electrons. The van der Waals surface area contributed by atoms with Gasteiger partial charge in [0.05, 0.1) is 5.60 Å². The van der Waals surface area contributed by atoms with Crippen LogP contribution in [0.2, 0.25) is 0 Å². The van der Waals surface area contributed by atoms with Gasteiger partial charge in [-0.05, 0) is 30.4 Å².